The average molecular weight is 619 g/mol. The third kappa shape index (κ3) is 5.34. The molecule has 0 atom stereocenters. The minimum atomic E-state index is -0.313. The van der Waals surface area contributed by atoms with E-state index in [1.54, 1.807) is 48.7 Å². The molecule has 0 aliphatic carbocycles. The first kappa shape index (κ1) is 25.4. The highest BCUT2D eigenvalue weighted by atomic mass is 79.9. The van der Waals surface area contributed by atoms with Gasteiger partial charge in [-0.2, -0.15) is 9.78 Å². The largest absolute Gasteiger partial charge is 0.488 e. The van der Waals surface area contributed by atoms with Gasteiger partial charge in [0.2, 0.25) is 5.82 Å². The SMILES string of the molecule is O=c1c2ccccc2nc(-c2cc3cc(Cl)ccc3o2)n1N=Cc1ccc(OCc2ccc(Cl)cc2)c(Br)c1. The number of para-hydroxylation sites is 1. The minimum absolute atomic E-state index is 0.282. The predicted molar refractivity (Wildman–Crippen MR) is 159 cm³/mol. The van der Waals surface area contributed by atoms with Crippen LogP contribution in [0.25, 0.3) is 33.5 Å². The van der Waals surface area contributed by atoms with Crippen LogP contribution in [0.1, 0.15) is 11.1 Å². The van der Waals surface area contributed by atoms with E-state index < -0.39 is 0 Å². The van der Waals surface area contributed by atoms with Gasteiger partial charge in [0.1, 0.15) is 17.9 Å². The molecule has 9 heteroatoms. The Morgan fingerprint density at radius 1 is 0.949 bits per heavy atom. The quantitative estimate of drug-likeness (QED) is 0.176. The van der Waals surface area contributed by atoms with Crippen LogP contribution in [0.2, 0.25) is 10.0 Å². The van der Waals surface area contributed by atoms with E-state index in [9.17, 15) is 4.79 Å². The van der Waals surface area contributed by atoms with Gasteiger partial charge in [-0.05, 0) is 93.8 Å². The minimum Gasteiger partial charge on any atom is -0.488 e. The van der Waals surface area contributed by atoms with Crippen LogP contribution in [0.5, 0.6) is 5.75 Å². The Labute approximate surface area is 241 Å². The second-order valence-electron chi connectivity index (χ2n) is 8.71. The van der Waals surface area contributed by atoms with Gasteiger partial charge in [0, 0.05) is 15.4 Å². The predicted octanol–water partition coefficient (Wildman–Crippen LogP) is 8.34. The molecule has 0 amide bonds. The van der Waals surface area contributed by atoms with E-state index in [0.29, 0.717) is 44.6 Å². The van der Waals surface area contributed by atoms with E-state index in [-0.39, 0.29) is 11.4 Å². The van der Waals surface area contributed by atoms with Crippen LogP contribution >= 0.6 is 39.1 Å². The number of aromatic nitrogens is 2. The Bertz CT molecular complexity index is 1930. The Hall–Kier alpha value is -3.91. The molecule has 4 aromatic carbocycles. The standard InChI is InChI=1S/C30H18BrCl2N3O3/c31-24-13-19(7-11-27(24)38-17-18-5-8-21(32)9-6-18)16-34-36-29(35-25-4-2-1-3-23(25)30(36)37)28-15-20-14-22(33)10-12-26(20)39-28/h1-16H,17H2. The number of rotatable bonds is 6. The molecule has 0 fully saturated rings. The molecular weight excluding hydrogens is 601 g/mol. The smallest absolute Gasteiger partial charge is 0.282 e. The first-order valence-electron chi connectivity index (χ1n) is 11.9. The molecule has 0 radical (unpaired) electrons. The lowest BCUT2D eigenvalue weighted by atomic mass is 10.2. The maximum atomic E-state index is 13.5. The summed E-state index contributed by atoms with van der Waals surface area (Å²) in [4.78, 5) is 18.2. The number of hydrogen-bond donors (Lipinski definition) is 0. The topological polar surface area (TPSA) is 69.6 Å². The number of nitrogens with zero attached hydrogens (tertiary/aromatic N) is 3. The van der Waals surface area contributed by atoms with Crippen molar-refractivity contribution in [1.82, 2.24) is 9.66 Å². The summed E-state index contributed by atoms with van der Waals surface area (Å²) in [5.41, 5.74) is 2.62. The molecule has 6 aromatic rings. The molecule has 39 heavy (non-hydrogen) atoms. The van der Waals surface area contributed by atoms with Gasteiger partial charge in [0.25, 0.3) is 5.56 Å². The molecular formula is C30H18BrCl2N3O3. The first-order chi connectivity index (χ1) is 18.9. The second-order valence-corrected chi connectivity index (χ2v) is 10.4. The van der Waals surface area contributed by atoms with Crippen LogP contribution in [0, 0.1) is 0 Å². The van der Waals surface area contributed by atoms with Crippen molar-refractivity contribution < 1.29 is 9.15 Å². The summed E-state index contributed by atoms with van der Waals surface area (Å²) in [5, 5.41) is 7.03. The maximum absolute atomic E-state index is 13.5. The molecule has 0 N–H and O–H groups in total. The number of halogens is 3. The normalized spacial score (nSPS) is 11.6. The van der Waals surface area contributed by atoms with Gasteiger partial charge in [-0.25, -0.2) is 4.98 Å². The van der Waals surface area contributed by atoms with Gasteiger partial charge >= 0.3 is 0 Å². The van der Waals surface area contributed by atoms with E-state index in [2.05, 4.69) is 21.0 Å². The molecule has 0 bridgehead atoms. The molecule has 2 aromatic heterocycles. The highest BCUT2D eigenvalue weighted by Crippen LogP contribution is 2.30. The van der Waals surface area contributed by atoms with Crippen LogP contribution < -0.4 is 10.3 Å². The second kappa shape index (κ2) is 10.7. The lowest BCUT2D eigenvalue weighted by Gasteiger charge is -2.09. The van der Waals surface area contributed by atoms with Crippen molar-refractivity contribution in [3.63, 3.8) is 0 Å². The molecule has 0 spiro atoms. The first-order valence-corrected chi connectivity index (χ1v) is 13.4. The zero-order valence-electron chi connectivity index (χ0n) is 20.1. The summed E-state index contributed by atoms with van der Waals surface area (Å²) >= 11 is 15.7. The van der Waals surface area contributed by atoms with Crippen LogP contribution in [0.15, 0.2) is 110 Å². The Morgan fingerprint density at radius 3 is 2.56 bits per heavy atom. The van der Waals surface area contributed by atoms with E-state index in [1.807, 2.05) is 48.5 Å². The lowest BCUT2D eigenvalue weighted by Crippen LogP contribution is -2.20. The van der Waals surface area contributed by atoms with E-state index in [4.69, 9.17) is 37.3 Å². The molecule has 0 saturated carbocycles. The third-order valence-electron chi connectivity index (χ3n) is 6.04. The van der Waals surface area contributed by atoms with Gasteiger partial charge in [0.15, 0.2) is 5.76 Å². The zero-order chi connectivity index (χ0) is 26.9. The van der Waals surface area contributed by atoms with E-state index in [0.717, 1.165) is 21.0 Å². The number of fused-ring (bicyclic) bond motifs is 2. The third-order valence-corrected chi connectivity index (χ3v) is 7.15. The average Bonchev–Trinajstić information content (AvgIpc) is 3.36. The van der Waals surface area contributed by atoms with Crippen LogP contribution in [-0.2, 0) is 6.61 Å². The molecule has 0 aliphatic heterocycles. The molecule has 0 aliphatic rings. The summed E-state index contributed by atoms with van der Waals surface area (Å²) in [5.74, 6) is 1.36. The van der Waals surface area contributed by atoms with E-state index >= 15 is 0 Å². The molecule has 6 rings (SSSR count). The van der Waals surface area contributed by atoms with Crippen molar-refractivity contribution in [3.8, 4) is 17.3 Å². The lowest BCUT2D eigenvalue weighted by molar-refractivity contribution is 0.304. The van der Waals surface area contributed by atoms with Crippen molar-refractivity contribution in [2.45, 2.75) is 6.61 Å². The van der Waals surface area contributed by atoms with Crippen molar-refractivity contribution >= 4 is 67.2 Å². The molecule has 0 saturated heterocycles. The van der Waals surface area contributed by atoms with Gasteiger partial charge in [0.05, 0.1) is 21.6 Å². The Balaban J connectivity index is 1.35. The molecule has 6 nitrogen and oxygen atoms in total. The fourth-order valence-electron chi connectivity index (χ4n) is 4.10. The summed E-state index contributed by atoms with van der Waals surface area (Å²) in [6, 6.07) is 27.3. The van der Waals surface area contributed by atoms with Gasteiger partial charge in [-0.1, -0.05) is 47.5 Å². The maximum Gasteiger partial charge on any atom is 0.282 e. The fourth-order valence-corrected chi connectivity index (χ4v) is 4.91. The van der Waals surface area contributed by atoms with Crippen molar-refractivity contribution in [2.75, 3.05) is 0 Å². The number of ether oxygens (including phenoxy) is 1. The summed E-state index contributed by atoms with van der Waals surface area (Å²) in [6.07, 6.45) is 1.59. The molecule has 2 heterocycles. The van der Waals surface area contributed by atoms with Crippen molar-refractivity contribution in [1.29, 1.82) is 0 Å². The highest BCUT2D eigenvalue weighted by molar-refractivity contribution is 9.10. The molecule has 0 unspecified atom stereocenters. The Kier molecular flexibility index (Phi) is 6.95. The van der Waals surface area contributed by atoms with Crippen molar-refractivity contribution in [3.05, 3.63) is 127 Å². The number of benzene rings is 4. The van der Waals surface area contributed by atoms with Gasteiger partial charge in [-0.15, -0.1) is 0 Å². The molecule has 192 valence electrons. The van der Waals surface area contributed by atoms with Crippen LogP contribution in [0.4, 0.5) is 0 Å². The van der Waals surface area contributed by atoms with E-state index in [1.165, 1.54) is 4.68 Å². The fraction of sp³-hybridized carbons (Fsp3) is 0.0333. The zero-order valence-corrected chi connectivity index (χ0v) is 23.2. The summed E-state index contributed by atoms with van der Waals surface area (Å²) in [6.45, 7) is 0.396. The van der Waals surface area contributed by atoms with Crippen LogP contribution in [0.3, 0.4) is 0 Å². The van der Waals surface area contributed by atoms with Crippen molar-refractivity contribution in [2.24, 2.45) is 5.10 Å². The van der Waals surface area contributed by atoms with Crippen LogP contribution in [-0.4, -0.2) is 15.9 Å². The van der Waals surface area contributed by atoms with Gasteiger partial charge < -0.3 is 9.15 Å². The Morgan fingerprint density at radius 2 is 1.74 bits per heavy atom. The number of hydrogen-bond acceptors (Lipinski definition) is 5. The summed E-state index contributed by atoms with van der Waals surface area (Å²) in [7, 11) is 0. The number of furan rings is 1. The summed E-state index contributed by atoms with van der Waals surface area (Å²) < 4.78 is 14.0. The highest BCUT2D eigenvalue weighted by Gasteiger charge is 2.16. The van der Waals surface area contributed by atoms with Gasteiger partial charge in [-0.3, -0.25) is 4.79 Å². The monoisotopic (exact) mass is 617 g/mol.